The van der Waals surface area contributed by atoms with Crippen LogP contribution >= 0.6 is 0 Å². The molecule has 6 heteroatoms. The van der Waals surface area contributed by atoms with Crippen LogP contribution in [0.2, 0.25) is 0 Å². The van der Waals surface area contributed by atoms with Gasteiger partial charge in [-0.2, -0.15) is 0 Å². The van der Waals surface area contributed by atoms with E-state index in [9.17, 15) is 8.76 Å². The van der Waals surface area contributed by atoms with Crippen LogP contribution < -0.4 is 0 Å². The Bertz CT molecular complexity index is 102. The molecule has 0 rings (SSSR count). The molecule has 0 bridgehead atoms. The molecule has 0 fully saturated rings. The average molecular weight is 155 g/mol. The number of aliphatic hydroxyl groups is 2. The molecule has 5 nitrogen and oxygen atoms in total. The minimum absolute atomic E-state index is 1.21. The maximum absolute atomic E-state index is 9.62. The molecule has 3 unspecified atom stereocenters. The molecule has 0 aliphatic carbocycles. The summed E-state index contributed by atoms with van der Waals surface area (Å²) in [5, 5.41) is 16.9. The second-order valence-electron chi connectivity index (χ2n) is 1.43. The van der Waals surface area contributed by atoms with Crippen molar-refractivity contribution in [1.29, 1.82) is 0 Å². The van der Waals surface area contributed by atoms with Gasteiger partial charge in [0.1, 0.15) is 6.10 Å². The Balaban J connectivity index is 3.50. The minimum atomic E-state index is -2.78. The van der Waals surface area contributed by atoms with E-state index in [1.165, 1.54) is 6.92 Å². The Labute approximate surface area is 54.8 Å². The molecule has 0 aromatic heterocycles. The van der Waals surface area contributed by atoms with E-state index in [-0.39, 0.29) is 0 Å². The quantitative estimate of drug-likeness (QED) is 0.382. The molecule has 0 radical (unpaired) electrons. The van der Waals surface area contributed by atoms with Crippen molar-refractivity contribution in [3.8, 4) is 0 Å². The van der Waals surface area contributed by atoms with Gasteiger partial charge in [0.25, 0.3) is 0 Å². The molecule has 0 aromatic rings. The fraction of sp³-hybridized carbons (Fsp3) is 1.00. The summed E-state index contributed by atoms with van der Waals surface area (Å²) in [5.41, 5.74) is 0. The zero-order valence-corrected chi connectivity index (χ0v) is 5.50. The smallest absolute Gasteiger partial charge is 0.195 e. The summed E-state index contributed by atoms with van der Waals surface area (Å²) in [6.07, 6.45) is -2.87. The van der Waals surface area contributed by atoms with Crippen molar-refractivity contribution < 1.29 is 23.2 Å². The summed E-state index contributed by atoms with van der Waals surface area (Å²) in [5.74, 6) is 0. The van der Waals surface area contributed by atoms with Gasteiger partial charge < -0.3 is 14.8 Å². The third-order valence-electron chi connectivity index (χ3n) is 0.590. The van der Waals surface area contributed by atoms with Crippen LogP contribution in [0, 0.1) is 0 Å². The lowest BCUT2D eigenvalue weighted by Gasteiger charge is -2.14. The van der Waals surface area contributed by atoms with Crippen molar-refractivity contribution in [2.45, 2.75) is 19.3 Å². The van der Waals surface area contributed by atoms with Gasteiger partial charge in [0.15, 0.2) is 6.29 Å². The van der Waals surface area contributed by atoms with Crippen LogP contribution in [0.1, 0.15) is 6.92 Å². The van der Waals surface area contributed by atoms with Gasteiger partial charge in [-0.1, -0.05) is 0 Å². The Morgan fingerprint density at radius 1 is 1.67 bits per heavy atom. The van der Waals surface area contributed by atoms with Crippen LogP contribution in [0.15, 0.2) is 0 Å². The van der Waals surface area contributed by atoms with Gasteiger partial charge in [-0.25, -0.2) is 4.21 Å². The molecule has 9 heavy (non-hydrogen) atoms. The maximum atomic E-state index is 9.62. The van der Waals surface area contributed by atoms with Crippen molar-refractivity contribution in [3.63, 3.8) is 0 Å². The van der Waals surface area contributed by atoms with Crippen molar-refractivity contribution in [2.24, 2.45) is 0 Å². The predicted octanol–water partition coefficient (Wildman–Crippen LogP) is -1.50. The largest absolute Gasteiger partial charge is 0.750 e. The number of rotatable bonds is 3. The maximum Gasteiger partial charge on any atom is 0.195 e. The van der Waals surface area contributed by atoms with E-state index in [0.29, 0.717) is 0 Å². The Kier molecular flexibility index (Phi) is 3.91. The lowest BCUT2D eigenvalue weighted by molar-refractivity contribution is -0.0932. The highest BCUT2D eigenvalue weighted by Crippen LogP contribution is 1.94. The molecular formula is C3H7O5S-. The van der Waals surface area contributed by atoms with E-state index in [1.807, 2.05) is 0 Å². The zero-order chi connectivity index (χ0) is 7.44. The van der Waals surface area contributed by atoms with E-state index in [2.05, 4.69) is 4.18 Å². The zero-order valence-electron chi connectivity index (χ0n) is 4.68. The molecule has 0 saturated carbocycles. The monoisotopic (exact) mass is 155 g/mol. The van der Waals surface area contributed by atoms with Crippen LogP contribution in [0.3, 0.4) is 0 Å². The molecule has 3 atom stereocenters. The van der Waals surface area contributed by atoms with Crippen molar-refractivity contribution in [3.05, 3.63) is 0 Å². The van der Waals surface area contributed by atoms with Crippen LogP contribution in [0.25, 0.3) is 0 Å². The van der Waals surface area contributed by atoms with Gasteiger partial charge in [0, 0.05) is 0 Å². The molecule has 0 spiro atoms. The van der Waals surface area contributed by atoms with Crippen molar-refractivity contribution >= 4 is 11.4 Å². The molecule has 0 amide bonds. The van der Waals surface area contributed by atoms with Crippen molar-refractivity contribution in [1.82, 2.24) is 0 Å². The van der Waals surface area contributed by atoms with E-state index in [1.54, 1.807) is 0 Å². The molecule has 0 aliphatic heterocycles. The summed E-state index contributed by atoms with van der Waals surface area (Å²) in [6, 6.07) is 0. The predicted molar refractivity (Wildman–Crippen MR) is 27.7 cm³/mol. The Morgan fingerprint density at radius 2 is 2.11 bits per heavy atom. The fourth-order valence-corrected chi connectivity index (χ4v) is 0.483. The summed E-state index contributed by atoms with van der Waals surface area (Å²) < 4.78 is 23.0. The van der Waals surface area contributed by atoms with E-state index >= 15 is 0 Å². The highest BCUT2D eigenvalue weighted by atomic mass is 32.2. The molecular weight excluding hydrogens is 148 g/mol. The summed E-state index contributed by atoms with van der Waals surface area (Å²) >= 11 is -2.78. The van der Waals surface area contributed by atoms with Crippen LogP contribution in [-0.2, 0) is 15.5 Å². The molecule has 2 N–H and O–H groups in total. The van der Waals surface area contributed by atoms with Gasteiger partial charge in [0.2, 0.25) is 0 Å². The van der Waals surface area contributed by atoms with Gasteiger partial charge in [-0.15, -0.1) is 0 Å². The fourth-order valence-electron chi connectivity index (χ4n) is 0.161. The number of aliphatic hydroxyl groups excluding tert-OH is 2. The highest BCUT2D eigenvalue weighted by molar-refractivity contribution is 7.74. The first-order valence-electron chi connectivity index (χ1n) is 2.16. The van der Waals surface area contributed by atoms with E-state index in [0.717, 1.165) is 0 Å². The first-order valence-corrected chi connectivity index (χ1v) is 3.16. The standard InChI is InChI=1S/C3H8O5S/c1-2(4)3(5)8-9(6)7/h2-5H,1H3,(H,6,7)/p-1. The van der Waals surface area contributed by atoms with Gasteiger partial charge >= 0.3 is 0 Å². The minimum Gasteiger partial charge on any atom is -0.750 e. The third kappa shape index (κ3) is 4.49. The van der Waals surface area contributed by atoms with E-state index in [4.69, 9.17) is 10.2 Å². The first kappa shape index (κ1) is 8.99. The molecule has 0 saturated heterocycles. The topological polar surface area (TPSA) is 89.8 Å². The van der Waals surface area contributed by atoms with Crippen LogP contribution in [0.4, 0.5) is 0 Å². The van der Waals surface area contributed by atoms with Crippen molar-refractivity contribution in [2.75, 3.05) is 0 Å². The molecule has 0 heterocycles. The summed E-state index contributed by atoms with van der Waals surface area (Å²) in [6.45, 7) is 1.21. The molecule has 56 valence electrons. The van der Waals surface area contributed by atoms with Crippen LogP contribution in [0.5, 0.6) is 0 Å². The average Bonchev–Trinajstić information content (AvgIpc) is 1.63. The third-order valence-corrected chi connectivity index (χ3v) is 0.944. The van der Waals surface area contributed by atoms with Gasteiger partial charge in [-0.3, -0.25) is 4.18 Å². The number of hydrogen-bond donors (Lipinski definition) is 2. The lowest BCUT2D eigenvalue weighted by Crippen LogP contribution is -2.26. The van der Waals surface area contributed by atoms with Gasteiger partial charge in [-0.05, 0) is 6.92 Å². The second-order valence-corrected chi connectivity index (χ2v) is 2.03. The van der Waals surface area contributed by atoms with Crippen LogP contribution in [-0.4, -0.2) is 31.4 Å². The van der Waals surface area contributed by atoms with E-state index < -0.39 is 23.8 Å². The second kappa shape index (κ2) is 3.91. The highest BCUT2D eigenvalue weighted by Gasteiger charge is 2.10. The number of hydrogen-bond acceptors (Lipinski definition) is 5. The summed E-state index contributed by atoms with van der Waals surface area (Å²) in [4.78, 5) is 0. The first-order chi connectivity index (χ1) is 4.04. The normalized spacial score (nSPS) is 20.9. The lowest BCUT2D eigenvalue weighted by atomic mass is 10.4. The molecule has 0 aliphatic rings. The Morgan fingerprint density at radius 3 is 2.22 bits per heavy atom. The molecule has 0 aromatic carbocycles. The SMILES string of the molecule is CC(O)C(O)OS(=O)[O-]. The summed E-state index contributed by atoms with van der Waals surface area (Å²) in [7, 11) is 0. The Hall–Kier alpha value is -0.0100. The van der Waals surface area contributed by atoms with Gasteiger partial charge in [0.05, 0.1) is 11.4 Å².